The molecule has 0 bridgehead atoms. The second-order valence-electron chi connectivity index (χ2n) is 3.56. The molecule has 1 nitrogen and oxygen atoms in total. The largest absolute Gasteiger partial charge is 0.253 e. The Hall–Kier alpha value is -0.410. The van der Waals surface area contributed by atoms with Crippen LogP contribution in [-0.2, 0) is 6.42 Å². The second kappa shape index (κ2) is 4.22. The molecule has 2 rings (SSSR count). The Balaban J connectivity index is 2.84. The first kappa shape index (κ1) is 11.1. The Morgan fingerprint density at radius 2 is 1.80 bits per heavy atom. The van der Waals surface area contributed by atoms with Gasteiger partial charge in [0.15, 0.2) is 0 Å². The monoisotopic (exact) mass is 327 g/mol. The van der Waals surface area contributed by atoms with Crippen molar-refractivity contribution in [3.8, 4) is 0 Å². The van der Waals surface area contributed by atoms with E-state index in [1.165, 1.54) is 10.9 Å². The van der Waals surface area contributed by atoms with Crippen molar-refractivity contribution in [2.75, 3.05) is 0 Å². The maximum Gasteiger partial charge on any atom is 0.0719 e. The summed E-state index contributed by atoms with van der Waals surface area (Å²) in [7, 11) is 0. The van der Waals surface area contributed by atoms with Gasteiger partial charge in [0.25, 0.3) is 0 Å². The standard InChI is InChI=1S/C12H11Br2N/c1-3-8-4-7(2)15-12-6-11(14)10(13)5-9(8)12/h4-6H,3H2,1-2H3. The summed E-state index contributed by atoms with van der Waals surface area (Å²) in [5.74, 6) is 0. The summed E-state index contributed by atoms with van der Waals surface area (Å²) in [5, 5.41) is 1.23. The highest BCUT2D eigenvalue weighted by Crippen LogP contribution is 2.29. The maximum absolute atomic E-state index is 4.54. The zero-order valence-corrected chi connectivity index (χ0v) is 11.8. The van der Waals surface area contributed by atoms with Gasteiger partial charge < -0.3 is 0 Å². The van der Waals surface area contributed by atoms with E-state index in [4.69, 9.17) is 0 Å². The molecule has 78 valence electrons. The smallest absolute Gasteiger partial charge is 0.0719 e. The molecule has 0 aliphatic rings. The van der Waals surface area contributed by atoms with E-state index in [1.54, 1.807) is 0 Å². The summed E-state index contributed by atoms with van der Waals surface area (Å²) in [6, 6.07) is 6.35. The Morgan fingerprint density at radius 1 is 1.13 bits per heavy atom. The fraction of sp³-hybridized carbons (Fsp3) is 0.250. The predicted octanol–water partition coefficient (Wildman–Crippen LogP) is 4.63. The predicted molar refractivity (Wildman–Crippen MR) is 71.3 cm³/mol. The van der Waals surface area contributed by atoms with E-state index in [0.29, 0.717) is 0 Å². The summed E-state index contributed by atoms with van der Waals surface area (Å²) in [5.41, 5.74) is 3.49. The highest BCUT2D eigenvalue weighted by atomic mass is 79.9. The minimum Gasteiger partial charge on any atom is -0.253 e. The van der Waals surface area contributed by atoms with Gasteiger partial charge in [-0.25, -0.2) is 0 Å². The minimum absolute atomic E-state index is 1.04. The van der Waals surface area contributed by atoms with Gasteiger partial charge in [-0.15, -0.1) is 0 Å². The van der Waals surface area contributed by atoms with Gasteiger partial charge in [-0.05, 0) is 69.0 Å². The van der Waals surface area contributed by atoms with Crippen LogP contribution >= 0.6 is 31.9 Å². The molecular weight excluding hydrogens is 318 g/mol. The van der Waals surface area contributed by atoms with E-state index in [1.807, 2.05) is 6.92 Å². The first-order valence-corrected chi connectivity index (χ1v) is 6.45. The highest BCUT2D eigenvalue weighted by molar-refractivity contribution is 9.13. The van der Waals surface area contributed by atoms with Crippen LogP contribution in [0.2, 0.25) is 0 Å². The Morgan fingerprint density at radius 3 is 2.47 bits per heavy atom. The van der Waals surface area contributed by atoms with Crippen LogP contribution in [0, 0.1) is 6.92 Å². The van der Waals surface area contributed by atoms with Crippen LogP contribution in [0.1, 0.15) is 18.2 Å². The summed E-state index contributed by atoms with van der Waals surface area (Å²) in [4.78, 5) is 4.54. The molecule has 0 saturated carbocycles. The van der Waals surface area contributed by atoms with Crippen molar-refractivity contribution in [3.05, 3.63) is 38.4 Å². The number of aryl methyl sites for hydroxylation is 2. The van der Waals surface area contributed by atoms with E-state index in [9.17, 15) is 0 Å². The molecule has 0 amide bonds. The quantitative estimate of drug-likeness (QED) is 0.743. The molecule has 0 radical (unpaired) electrons. The van der Waals surface area contributed by atoms with Crippen molar-refractivity contribution < 1.29 is 0 Å². The number of hydrogen-bond donors (Lipinski definition) is 0. The van der Waals surface area contributed by atoms with Crippen molar-refractivity contribution in [2.45, 2.75) is 20.3 Å². The first-order valence-electron chi connectivity index (χ1n) is 4.87. The van der Waals surface area contributed by atoms with Crippen molar-refractivity contribution in [2.24, 2.45) is 0 Å². The number of halogens is 2. The average Bonchev–Trinajstić information content (AvgIpc) is 2.19. The normalized spacial score (nSPS) is 10.9. The fourth-order valence-electron chi connectivity index (χ4n) is 1.73. The van der Waals surface area contributed by atoms with Crippen LogP contribution < -0.4 is 0 Å². The molecule has 0 aliphatic carbocycles. The summed E-state index contributed by atoms with van der Waals surface area (Å²) >= 11 is 7.02. The lowest BCUT2D eigenvalue weighted by Gasteiger charge is -2.07. The van der Waals surface area contributed by atoms with E-state index in [-0.39, 0.29) is 0 Å². The summed E-state index contributed by atoms with van der Waals surface area (Å²) < 4.78 is 2.13. The molecule has 1 aromatic heterocycles. The van der Waals surface area contributed by atoms with Gasteiger partial charge >= 0.3 is 0 Å². The van der Waals surface area contributed by atoms with Crippen LogP contribution in [0.25, 0.3) is 10.9 Å². The molecule has 2 aromatic rings. The molecule has 0 atom stereocenters. The van der Waals surface area contributed by atoms with Crippen LogP contribution in [0.5, 0.6) is 0 Å². The molecule has 0 aliphatic heterocycles. The number of benzene rings is 1. The van der Waals surface area contributed by atoms with Crippen LogP contribution in [0.4, 0.5) is 0 Å². The third-order valence-corrected chi connectivity index (χ3v) is 4.29. The number of fused-ring (bicyclic) bond motifs is 1. The lowest BCUT2D eigenvalue weighted by molar-refractivity contribution is 1.12. The van der Waals surface area contributed by atoms with Crippen LogP contribution in [-0.4, -0.2) is 4.98 Å². The van der Waals surface area contributed by atoms with Gasteiger partial charge in [-0.1, -0.05) is 6.92 Å². The van der Waals surface area contributed by atoms with Crippen molar-refractivity contribution >= 4 is 42.8 Å². The van der Waals surface area contributed by atoms with Gasteiger partial charge in [-0.3, -0.25) is 4.98 Å². The molecule has 15 heavy (non-hydrogen) atoms. The third-order valence-electron chi connectivity index (χ3n) is 2.45. The zero-order chi connectivity index (χ0) is 11.0. The van der Waals surface area contributed by atoms with Gasteiger partial charge in [0.1, 0.15) is 0 Å². The van der Waals surface area contributed by atoms with E-state index in [0.717, 1.165) is 26.6 Å². The van der Waals surface area contributed by atoms with Crippen LogP contribution in [0.15, 0.2) is 27.1 Å². The average molecular weight is 329 g/mol. The van der Waals surface area contributed by atoms with E-state index >= 15 is 0 Å². The molecule has 3 heteroatoms. The van der Waals surface area contributed by atoms with E-state index < -0.39 is 0 Å². The maximum atomic E-state index is 4.54. The SMILES string of the molecule is CCc1cc(C)nc2cc(Br)c(Br)cc12. The first-order chi connectivity index (χ1) is 7.11. The fourth-order valence-corrected chi connectivity index (χ4v) is 2.41. The molecule has 1 aromatic carbocycles. The van der Waals surface area contributed by atoms with Crippen LogP contribution in [0.3, 0.4) is 0 Å². The molecule has 1 heterocycles. The molecular formula is C12H11Br2N. The number of rotatable bonds is 1. The Bertz CT molecular complexity index is 521. The van der Waals surface area contributed by atoms with Gasteiger partial charge in [0.2, 0.25) is 0 Å². The number of hydrogen-bond acceptors (Lipinski definition) is 1. The lowest BCUT2D eigenvalue weighted by atomic mass is 10.1. The Kier molecular flexibility index (Phi) is 3.12. The summed E-state index contributed by atoms with van der Waals surface area (Å²) in [6.45, 7) is 4.21. The molecule has 0 fully saturated rings. The number of nitrogens with zero attached hydrogens (tertiary/aromatic N) is 1. The van der Waals surface area contributed by atoms with Crippen molar-refractivity contribution in [3.63, 3.8) is 0 Å². The molecule has 0 saturated heterocycles. The van der Waals surface area contributed by atoms with Gasteiger partial charge in [0, 0.05) is 20.0 Å². The zero-order valence-electron chi connectivity index (χ0n) is 8.64. The highest BCUT2D eigenvalue weighted by Gasteiger charge is 2.05. The van der Waals surface area contributed by atoms with Gasteiger partial charge in [0.05, 0.1) is 5.52 Å². The lowest BCUT2D eigenvalue weighted by Crippen LogP contribution is -1.91. The number of pyridine rings is 1. The number of aromatic nitrogens is 1. The van der Waals surface area contributed by atoms with Crippen molar-refractivity contribution in [1.82, 2.24) is 4.98 Å². The molecule has 0 spiro atoms. The summed E-state index contributed by atoms with van der Waals surface area (Å²) in [6.07, 6.45) is 1.04. The third kappa shape index (κ3) is 2.08. The van der Waals surface area contributed by atoms with Gasteiger partial charge in [-0.2, -0.15) is 0 Å². The topological polar surface area (TPSA) is 12.9 Å². The van der Waals surface area contributed by atoms with E-state index in [2.05, 4.69) is 62.0 Å². The molecule has 0 unspecified atom stereocenters. The minimum atomic E-state index is 1.04. The Labute approximate surface area is 106 Å². The second-order valence-corrected chi connectivity index (χ2v) is 5.27. The van der Waals surface area contributed by atoms with Crippen molar-refractivity contribution in [1.29, 1.82) is 0 Å². The molecule has 0 N–H and O–H groups in total.